The Hall–Kier alpha value is -13.4. The van der Waals surface area contributed by atoms with E-state index in [0.29, 0.717) is 6.42 Å². The molecule has 1 rings (SSSR count). The summed E-state index contributed by atoms with van der Waals surface area (Å²) >= 11 is 0. The van der Waals surface area contributed by atoms with E-state index in [-0.39, 0.29) is 26.9 Å². The van der Waals surface area contributed by atoms with Crippen molar-refractivity contribution in [1.29, 1.82) is 0 Å². The summed E-state index contributed by atoms with van der Waals surface area (Å²) in [5, 5.41) is 0. The smallest absolute Gasteiger partial charge is 0.306 e. The van der Waals surface area contributed by atoms with Crippen molar-refractivity contribution in [2.24, 2.45) is 0 Å². The summed E-state index contributed by atoms with van der Waals surface area (Å²) in [6.07, 6.45) is 53.9. The largest absolute Gasteiger partial charge is 0.463 e. The summed E-state index contributed by atoms with van der Waals surface area (Å²) in [7, 11) is 0. The zero-order valence-electron chi connectivity index (χ0n) is 47.2. The number of carbonyl (C=O) groups excluding carboxylic acids is 1. The highest BCUT2D eigenvalue weighted by Crippen LogP contribution is 2.15. The van der Waals surface area contributed by atoms with E-state index < -0.39 is 0 Å². The van der Waals surface area contributed by atoms with Crippen molar-refractivity contribution >= 4 is 5.97 Å². The maximum atomic E-state index is 11.6. The van der Waals surface area contributed by atoms with E-state index in [0.717, 1.165) is 12.8 Å². The normalized spacial score (nSPS) is 8.40. The fourth-order valence-electron chi connectivity index (χ4n) is 3.91. The van der Waals surface area contributed by atoms with E-state index in [9.17, 15) is 4.79 Å². The first kappa shape index (κ1) is 89.2. The third-order valence-electron chi connectivity index (χ3n) is 6.74. The minimum atomic E-state index is 0. The average molecular weight is 1060 g/mol. The molecule has 1 heterocycles. The van der Waals surface area contributed by atoms with E-state index in [1.807, 2.05) is 30.6 Å². The third kappa shape index (κ3) is 129. The van der Waals surface area contributed by atoms with Gasteiger partial charge in [0.15, 0.2) is 0 Å². The van der Waals surface area contributed by atoms with Gasteiger partial charge in [-0.25, -0.2) is 35.5 Å². The van der Waals surface area contributed by atoms with Crippen LogP contribution in [0.25, 0.3) is 0 Å². The van der Waals surface area contributed by atoms with Crippen LogP contribution in [-0.2, 0) is 9.53 Å². The molecular formula is C81H58O2-8. The van der Waals surface area contributed by atoms with Gasteiger partial charge in [0.25, 0.3) is 0 Å². The molecule has 1 saturated heterocycles. The Bertz CT molecular complexity index is 3700. The summed E-state index contributed by atoms with van der Waals surface area (Å²) in [6, 6.07) is 0. The molecule has 0 spiro atoms. The predicted octanol–water partition coefficient (Wildman–Crippen LogP) is 9.76. The zero-order chi connectivity index (χ0) is 61.7. The van der Waals surface area contributed by atoms with Crippen molar-refractivity contribution in [2.45, 2.75) is 125 Å². The van der Waals surface area contributed by atoms with Crippen LogP contribution < -0.4 is 0 Å². The maximum absolute atomic E-state index is 11.6. The number of ether oxygens (including phenoxy) is 1. The molecule has 0 aromatic carbocycles. The van der Waals surface area contributed by atoms with Crippen LogP contribution in [-0.4, -0.2) is 12.1 Å². The van der Waals surface area contributed by atoms with Gasteiger partial charge in [0.05, 0.1) is 6.10 Å². The standard InChI is InChI=1S/C16H30O2.C15H3.C13H3.C11H3.C9H3.C7H3.C5H3.C3H3.CH4.CH3/c1-15-13-11-9-7-5-3-2-4-6-8-10-12-14-16(17)18-15;1-3-5-7-9-11-13-15-14-12-10-8-6-4-2;1-3-5-7-9-11-13-12-10-8-6-4-2;1-3-5-7-9-11-10-8-6-4-2;1-3-5-7-9-8-6-4-2;1-3-5-7-6-4-2;1-3-5-4-2;1-3-2;;/h15H,2-14H2,1H3;1H,2H2;1H3;1H,2H2;1H3;1H,2H2;1H3;1H,2H2;1H4;1H3/q;7*-1;;-1/t15-;;;;;;;;;/m1........./s1. The summed E-state index contributed by atoms with van der Waals surface area (Å²) in [5.74, 6) is 116. The van der Waals surface area contributed by atoms with Gasteiger partial charge in [-0.1, -0.05) is 77.1 Å². The molecule has 0 radical (unpaired) electrons. The number of carbonyl (C=O) groups is 1. The van der Waals surface area contributed by atoms with Crippen LogP contribution in [0.5, 0.6) is 0 Å². The first-order valence-corrected chi connectivity index (χ1v) is 23.3. The van der Waals surface area contributed by atoms with Gasteiger partial charge in [0.2, 0.25) is 0 Å². The molecule has 1 atom stereocenters. The van der Waals surface area contributed by atoms with Gasteiger partial charge in [0.1, 0.15) is 0 Å². The molecule has 1 fully saturated rings. The van der Waals surface area contributed by atoms with E-state index in [1.54, 1.807) is 20.8 Å². The van der Waals surface area contributed by atoms with Crippen molar-refractivity contribution in [1.82, 2.24) is 0 Å². The molecule has 2 heteroatoms. The molecule has 0 amide bonds. The minimum Gasteiger partial charge on any atom is -0.463 e. The van der Waals surface area contributed by atoms with Gasteiger partial charge in [0, 0.05) is 6.42 Å². The lowest BCUT2D eigenvalue weighted by atomic mass is 10.0. The molecule has 0 unspecified atom stereocenters. The number of cyclic esters (lactones) is 1. The molecule has 0 aliphatic carbocycles. The Morgan fingerprint density at radius 1 is 0.361 bits per heavy atom. The monoisotopic (exact) mass is 1060 g/mol. The maximum Gasteiger partial charge on any atom is 0.306 e. The number of esters is 1. The van der Waals surface area contributed by atoms with Crippen molar-refractivity contribution in [2.75, 3.05) is 0 Å². The average Bonchev–Trinajstić information content (AvgIpc) is 3.46. The molecule has 83 heavy (non-hydrogen) atoms. The molecule has 2 nitrogen and oxygen atoms in total. The van der Waals surface area contributed by atoms with Crippen LogP contribution in [0.3, 0.4) is 0 Å². The zero-order valence-corrected chi connectivity index (χ0v) is 47.2. The second kappa shape index (κ2) is 101. The van der Waals surface area contributed by atoms with Crippen molar-refractivity contribution in [3.63, 3.8) is 0 Å². The van der Waals surface area contributed by atoms with Crippen LogP contribution in [0, 0.1) is 370 Å². The lowest BCUT2D eigenvalue weighted by molar-refractivity contribution is -0.148. The summed E-state index contributed by atoms with van der Waals surface area (Å²) in [4.78, 5) is 11.6. The third-order valence-corrected chi connectivity index (χ3v) is 6.74. The predicted molar refractivity (Wildman–Crippen MR) is 347 cm³/mol. The van der Waals surface area contributed by atoms with Crippen LogP contribution >= 0.6 is 0 Å². The van der Waals surface area contributed by atoms with Gasteiger partial charge in [-0.15, -0.1) is 48.9 Å². The number of hydrogen-bond donors (Lipinski definition) is 0. The topological polar surface area (TPSA) is 26.3 Å². The highest BCUT2D eigenvalue weighted by atomic mass is 16.5. The van der Waals surface area contributed by atoms with Gasteiger partial charge >= 0.3 is 5.97 Å². The lowest BCUT2D eigenvalue weighted by Gasteiger charge is -2.13. The Morgan fingerprint density at radius 3 is 0.819 bits per heavy atom. The summed E-state index contributed by atoms with van der Waals surface area (Å²) < 4.78 is 5.41. The minimum absolute atomic E-state index is 0. The van der Waals surface area contributed by atoms with Crippen LogP contribution in [0.2, 0.25) is 0 Å². The number of hydrogen-bond acceptors (Lipinski definition) is 2. The highest BCUT2D eigenvalue weighted by molar-refractivity contribution is 5.69. The number of terminal acetylenes is 4. The molecule has 402 valence electrons. The van der Waals surface area contributed by atoms with E-state index in [1.165, 1.54) is 64.2 Å². The molecule has 1 aliphatic rings. The van der Waals surface area contributed by atoms with E-state index in [4.69, 9.17) is 43.3 Å². The highest BCUT2D eigenvalue weighted by Gasteiger charge is 2.09. The molecule has 0 bridgehead atoms. The fourth-order valence-corrected chi connectivity index (χ4v) is 3.91. The van der Waals surface area contributed by atoms with E-state index >= 15 is 0 Å². The number of rotatable bonds is 0. The SMILES string of the molecule is C.C#CC#CC#CC#CC#CC#CC#C[CH2-].C#CC#CC#CC#CC#C[CH2-].C#CC#CC#C[CH2-].C#C[CH2-].C[C@@H]1CCCCCCCCCCCCCC(=O)O1.[C-]#CC#CC.[C-]#CC#CC#CC#CC.[C-]#CC#CC#CC#CC#CC#CC.[CH3-]. The van der Waals surface area contributed by atoms with E-state index in [2.05, 4.69) is 301 Å². The van der Waals surface area contributed by atoms with Crippen LogP contribution in [0.15, 0.2) is 0 Å². The van der Waals surface area contributed by atoms with Crippen molar-refractivity contribution < 1.29 is 9.53 Å². The molecule has 0 N–H and O–H groups in total. The first-order chi connectivity index (χ1) is 39.7. The second-order valence-electron chi connectivity index (χ2n) is 12.5. The Labute approximate surface area is 507 Å². The summed E-state index contributed by atoms with van der Waals surface area (Å²) in [6.45, 7) is 19.9. The quantitative estimate of drug-likeness (QED) is 0.137. The van der Waals surface area contributed by atoms with Gasteiger partial charge < -0.3 is 43.8 Å². The Kier molecular flexibility index (Phi) is 109. The second-order valence-corrected chi connectivity index (χ2v) is 12.5. The van der Waals surface area contributed by atoms with Gasteiger partial charge in [-0.2, -0.15) is 27.7 Å². The van der Waals surface area contributed by atoms with Crippen molar-refractivity contribution in [3.8, 4) is 316 Å². The molecule has 1 aliphatic heterocycles. The molecular weight excluding hydrogens is 1000 g/mol. The first-order valence-electron chi connectivity index (χ1n) is 23.3. The summed E-state index contributed by atoms with van der Waals surface area (Å²) in [5.41, 5.74) is 0. The van der Waals surface area contributed by atoms with Gasteiger partial charge in [-0.3, -0.25) is 46.2 Å². The Morgan fingerprint density at radius 2 is 0.578 bits per heavy atom. The van der Waals surface area contributed by atoms with Crippen molar-refractivity contribution in [3.05, 3.63) is 54.4 Å². The Balaban J connectivity index is -0.000000112. The molecule has 0 aromatic heterocycles. The van der Waals surface area contributed by atoms with Gasteiger partial charge in [-0.05, 0) is 213 Å². The van der Waals surface area contributed by atoms with Crippen LogP contribution in [0.1, 0.15) is 119 Å². The lowest BCUT2D eigenvalue weighted by Crippen LogP contribution is -2.14. The fraction of sp³-hybridized carbons (Fsp3) is 0.235. The molecule has 0 aromatic rings. The van der Waals surface area contributed by atoms with Crippen LogP contribution in [0.4, 0.5) is 0 Å². The molecule has 0 saturated carbocycles.